The smallest absolute Gasteiger partial charge is 0.290 e. The molecule has 0 unspecified atom stereocenters. The summed E-state index contributed by atoms with van der Waals surface area (Å²) in [7, 11) is 3.98. The third-order valence-electron chi connectivity index (χ3n) is 4.53. The number of quaternary nitrogens is 1. The summed E-state index contributed by atoms with van der Waals surface area (Å²) in [5, 5.41) is 11.4. The van der Waals surface area contributed by atoms with Crippen molar-refractivity contribution in [1.29, 1.82) is 0 Å². The van der Waals surface area contributed by atoms with Gasteiger partial charge in [-0.25, -0.2) is 4.98 Å². The lowest BCUT2D eigenvalue weighted by atomic mass is 9.96. The minimum absolute atomic E-state index is 0.117. The zero-order valence-electron chi connectivity index (χ0n) is 15.8. The van der Waals surface area contributed by atoms with E-state index in [4.69, 9.17) is 0 Å². The van der Waals surface area contributed by atoms with Crippen LogP contribution in [0.1, 0.15) is 32.0 Å². The average molecular weight is 387 g/mol. The van der Waals surface area contributed by atoms with Gasteiger partial charge in [-0.1, -0.05) is 0 Å². The second-order valence-electron chi connectivity index (χ2n) is 6.88. The molecule has 0 saturated heterocycles. The van der Waals surface area contributed by atoms with E-state index < -0.39 is 17.7 Å². The van der Waals surface area contributed by atoms with Gasteiger partial charge in [0, 0.05) is 12.4 Å². The lowest BCUT2D eigenvalue weighted by Gasteiger charge is -2.26. The summed E-state index contributed by atoms with van der Waals surface area (Å²) in [4.78, 5) is 37.5. The topological polar surface area (TPSA) is 87.8 Å². The number of hydrogen-bond acceptors (Lipinski definition) is 6. The Bertz CT molecular complexity index is 905. The molecule has 7 nitrogen and oxygen atoms in total. The summed E-state index contributed by atoms with van der Waals surface area (Å²) in [5.74, 6) is -1.33. The molecular weight excluding hydrogens is 364 g/mol. The molecule has 1 aliphatic heterocycles. The third kappa shape index (κ3) is 3.63. The number of hydrogen-bond donors (Lipinski definition) is 2. The normalized spacial score (nSPS) is 17.3. The van der Waals surface area contributed by atoms with Gasteiger partial charge in [-0.15, -0.1) is 11.3 Å². The summed E-state index contributed by atoms with van der Waals surface area (Å²) in [6.45, 7) is 4.71. The number of aromatic nitrogens is 2. The van der Waals surface area contributed by atoms with Gasteiger partial charge in [0.2, 0.25) is 5.78 Å². The van der Waals surface area contributed by atoms with Crippen LogP contribution in [0.15, 0.2) is 35.9 Å². The number of rotatable bonds is 6. The van der Waals surface area contributed by atoms with Crippen molar-refractivity contribution >= 4 is 23.0 Å². The van der Waals surface area contributed by atoms with Crippen molar-refractivity contribution in [2.24, 2.45) is 0 Å². The van der Waals surface area contributed by atoms with E-state index in [0.717, 1.165) is 10.6 Å². The van der Waals surface area contributed by atoms with Crippen molar-refractivity contribution in [3.05, 3.63) is 57.0 Å². The predicted molar refractivity (Wildman–Crippen MR) is 102 cm³/mol. The number of aliphatic hydroxyl groups excluding tert-OH is 1. The molecule has 2 N–H and O–H groups in total. The standard InChI is InChI=1S/C19H22N4O3S/c1-11-18(27-12(2)21-11)16(24)14-15(13-5-7-20-8-6-13)23(10-9-22(3)4)19(26)17(14)25/h5-8,15,25H,9-10H2,1-4H3/p+1/t15-/m1/s1. The first-order valence-corrected chi connectivity index (χ1v) is 9.54. The molecule has 0 aromatic carbocycles. The van der Waals surface area contributed by atoms with Crippen LogP contribution >= 0.6 is 11.3 Å². The van der Waals surface area contributed by atoms with Gasteiger partial charge in [0.25, 0.3) is 5.91 Å². The van der Waals surface area contributed by atoms with Gasteiger partial charge in [-0.05, 0) is 31.5 Å². The van der Waals surface area contributed by atoms with Gasteiger partial charge in [0.15, 0.2) is 5.76 Å². The second kappa shape index (κ2) is 7.58. The zero-order chi connectivity index (χ0) is 19.7. The van der Waals surface area contributed by atoms with Gasteiger partial charge in [0.05, 0.1) is 54.4 Å². The van der Waals surface area contributed by atoms with Crippen molar-refractivity contribution in [1.82, 2.24) is 14.9 Å². The Balaban J connectivity index is 2.07. The largest absolute Gasteiger partial charge is 0.503 e. The first kappa shape index (κ1) is 19.2. The number of aliphatic hydroxyl groups is 1. The Labute approximate surface area is 162 Å². The summed E-state index contributed by atoms with van der Waals surface area (Å²) >= 11 is 1.28. The zero-order valence-corrected chi connectivity index (χ0v) is 16.6. The van der Waals surface area contributed by atoms with Crippen LogP contribution in [-0.2, 0) is 4.79 Å². The number of aryl methyl sites for hydroxylation is 2. The highest BCUT2D eigenvalue weighted by Crippen LogP contribution is 2.39. The fourth-order valence-corrected chi connectivity index (χ4v) is 4.09. The maximum Gasteiger partial charge on any atom is 0.290 e. The maximum atomic E-state index is 13.3. The number of nitrogens with one attached hydrogen (secondary N) is 1. The molecule has 2 aromatic rings. The Hall–Kier alpha value is -2.58. The highest BCUT2D eigenvalue weighted by Gasteiger charge is 2.44. The molecule has 2 aromatic heterocycles. The van der Waals surface area contributed by atoms with Gasteiger partial charge >= 0.3 is 0 Å². The molecule has 1 aliphatic rings. The average Bonchev–Trinajstić information content (AvgIpc) is 3.10. The molecule has 0 fully saturated rings. The SMILES string of the molecule is Cc1nc(C)c(C(=O)C2=C(O)C(=O)N(CC[NH+](C)C)[C@@H]2c2ccncc2)s1. The molecule has 0 aliphatic carbocycles. The quantitative estimate of drug-likeness (QED) is 0.719. The first-order valence-electron chi connectivity index (χ1n) is 8.73. The third-order valence-corrected chi connectivity index (χ3v) is 5.60. The van der Waals surface area contributed by atoms with Gasteiger partial charge in [-0.2, -0.15) is 0 Å². The lowest BCUT2D eigenvalue weighted by molar-refractivity contribution is -0.857. The molecule has 8 heteroatoms. The van der Waals surface area contributed by atoms with Crippen LogP contribution in [-0.4, -0.2) is 58.8 Å². The van der Waals surface area contributed by atoms with E-state index in [1.807, 2.05) is 21.0 Å². The molecule has 0 bridgehead atoms. The first-order chi connectivity index (χ1) is 12.8. The Morgan fingerprint density at radius 1 is 1.30 bits per heavy atom. The van der Waals surface area contributed by atoms with E-state index in [1.165, 1.54) is 16.2 Å². The highest BCUT2D eigenvalue weighted by molar-refractivity contribution is 7.14. The molecule has 0 saturated carbocycles. The number of ketones is 1. The van der Waals surface area contributed by atoms with E-state index >= 15 is 0 Å². The molecule has 1 atom stereocenters. The van der Waals surface area contributed by atoms with Crippen molar-refractivity contribution in [3.8, 4) is 0 Å². The molecule has 27 heavy (non-hydrogen) atoms. The Morgan fingerprint density at radius 3 is 2.52 bits per heavy atom. The van der Waals surface area contributed by atoms with E-state index in [1.54, 1.807) is 36.4 Å². The minimum Gasteiger partial charge on any atom is -0.503 e. The summed E-state index contributed by atoms with van der Waals surface area (Å²) in [6.07, 6.45) is 3.24. The fourth-order valence-electron chi connectivity index (χ4n) is 3.22. The van der Waals surface area contributed by atoms with Crippen molar-refractivity contribution < 1.29 is 19.6 Å². The fraction of sp³-hybridized carbons (Fsp3) is 0.368. The Morgan fingerprint density at radius 2 is 1.96 bits per heavy atom. The molecule has 0 spiro atoms. The number of Topliss-reactive ketones (excluding diaryl/α,β-unsaturated/α-hetero) is 1. The van der Waals surface area contributed by atoms with Crippen molar-refractivity contribution in [2.45, 2.75) is 19.9 Å². The van der Waals surface area contributed by atoms with Gasteiger partial charge in [0.1, 0.15) is 0 Å². The number of carbonyl (C=O) groups excluding carboxylic acids is 2. The minimum atomic E-state index is -0.630. The molecule has 142 valence electrons. The van der Waals surface area contributed by atoms with Crippen LogP contribution in [0.25, 0.3) is 0 Å². The van der Waals surface area contributed by atoms with E-state index in [2.05, 4.69) is 9.97 Å². The van der Waals surface area contributed by atoms with Gasteiger partial charge < -0.3 is 14.9 Å². The number of thiazole rings is 1. The molecule has 0 radical (unpaired) electrons. The van der Waals surface area contributed by atoms with Crippen LogP contribution < -0.4 is 4.90 Å². The predicted octanol–water partition coefficient (Wildman–Crippen LogP) is 0.878. The Kier molecular flexibility index (Phi) is 5.38. The van der Waals surface area contributed by atoms with Crippen LogP contribution in [0, 0.1) is 13.8 Å². The number of likely N-dealkylation sites (N-methyl/N-ethyl adjacent to an activating group) is 1. The molecule has 3 rings (SSSR count). The van der Waals surface area contributed by atoms with Crippen LogP contribution in [0.4, 0.5) is 0 Å². The summed E-state index contributed by atoms with van der Waals surface area (Å²) in [6, 6.07) is 2.91. The van der Waals surface area contributed by atoms with Crippen molar-refractivity contribution in [2.75, 3.05) is 27.2 Å². The number of amides is 1. The van der Waals surface area contributed by atoms with Gasteiger partial charge in [-0.3, -0.25) is 14.6 Å². The highest BCUT2D eigenvalue weighted by atomic mass is 32.1. The summed E-state index contributed by atoms with van der Waals surface area (Å²) in [5.41, 5.74) is 1.48. The molecule has 1 amide bonds. The lowest BCUT2D eigenvalue weighted by Crippen LogP contribution is -3.06. The number of carbonyl (C=O) groups is 2. The van der Waals surface area contributed by atoms with E-state index in [9.17, 15) is 14.7 Å². The van der Waals surface area contributed by atoms with Crippen LogP contribution in [0.2, 0.25) is 0 Å². The number of nitrogens with zero attached hydrogens (tertiary/aromatic N) is 3. The maximum absolute atomic E-state index is 13.3. The molecule has 3 heterocycles. The summed E-state index contributed by atoms with van der Waals surface area (Å²) < 4.78 is 0. The molecular formula is C19H23N4O3S+. The monoisotopic (exact) mass is 387 g/mol. The van der Waals surface area contributed by atoms with Crippen molar-refractivity contribution in [3.63, 3.8) is 0 Å². The number of pyridine rings is 1. The van der Waals surface area contributed by atoms with E-state index in [-0.39, 0.29) is 11.4 Å². The van der Waals surface area contributed by atoms with Crippen LogP contribution in [0.5, 0.6) is 0 Å². The second-order valence-corrected chi connectivity index (χ2v) is 8.08. The van der Waals surface area contributed by atoms with Crippen LogP contribution in [0.3, 0.4) is 0 Å². The van der Waals surface area contributed by atoms with E-state index in [0.29, 0.717) is 23.7 Å².